The van der Waals surface area contributed by atoms with E-state index < -0.39 is 11.9 Å². The number of carbonyl (C=O) groups is 4. The molecule has 0 bridgehead atoms. The van der Waals surface area contributed by atoms with Crippen LogP contribution in [-0.2, 0) is 24.5 Å². The van der Waals surface area contributed by atoms with Crippen molar-refractivity contribution in [3.63, 3.8) is 0 Å². The predicted molar refractivity (Wildman–Crippen MR) is 289 cm³/mol. The van der Waals surface area contributed by atoms with Crippen LogP contribution in [0, 0.1) is 5.92 Å². The van der Waals surface area contributed by atoms with Gasteiger partial charge in [0.15, 0.2) is 12.3 Å². The number of rotatable bonds is 22. The lowest BCUT2D eigenvalue weighted by Gasteiger charge is -2.30. The number of fused-ring (bicyclic) bond motifs is 4. The van der Waals surface area contributed by atoms with Crippen LogP contribution in [0.3, 0.4) is 0 Å². The number of ether oxygens (including phenoxy) is 2. The minimum Gasteiger partial charge on any atom is -0.460 e. The van der Waals surface area contributed by atoms with Crippen LogP contribution < -0.4 is 26.2 Å². The first kappa shape index (κ1) is 53.4. The van der Waals surface area contributed by atoms with Gasteiger partial charge >= 0.3 is 24.0 Å². The molecule has 2 aliphatic rings. The first-order valence-corrected chi connectivity index (χ1v) is 25.0. The maximum atomic E-state index is 12.6. The van der Waals surface area contributed by atoms with E-state index in [0.717, 1.165) is 69.0 Å². The minimum atomic E-state index is -0.483. The summed E-state index contributed by atoms with van der Waals surface area (Å²) in [4.78, 5) is 50.9. The van der Waals surface area contributed by atoms with Crippen molar-refractivity contribution in [2.75, 3.05) is 57.4 Å². The van der Waals surface area contributed by atoms with Gasteiger partial charge in [-0.05, 0) is 116 Å². The fourth-order valence-electron chi connectivity index (χ4n) is 9.06. The normalized spacial score (nSPS) is 15.0. The molecule has 0 aromatic heterocycles. The smallest absolute Gasteiger partial charge is 0.333 e. The summed E-state index contributed by atoms with van der Waals surface area (Å²) in [6, 6.07) is 27.1. The van der Waals surface area contributed by atoms with Gasteiger partial charge in [-0.25, -0.2) is 19.2 Å². The number of allylic oxidation sites excluding steroid dienone is 8. The van der Waals surface area contributed by atoms with Gasteiger partial charge in [-0.1, -0.05) is 105 Å². The molecular formula is C58H70ClN6O6+. The van der Waals surface area contributed by atoms with Crippen LogP contribution >= 0.6 is 11.6 Å². The molecule has 4 aromatic carbocycles. The van der Waals surface area contributed by atoms with E-state index in [2.05, 4.69) is 169 Å². The third-order valence-electron chi connectivity index (χ3n) is 12.7. The van der Waals surface area contributed by atoms with Crippen LogP contribution in [0.1, 0.15) is 79.2 Å². The van der Waals surface area contributed by atoms with Gasteiger partial charge in [-0.15, -0.1) is 0 Å². The zero-order chi connectivity index (χ0) is 51.1. The van der Waals surface area contributed by atoms with Gasteiger partial charge in [0.1, 0.15) is 13.2 Å². The number of nitrogens with one attached hydrogen (secondary N) is 4. The summed E-state index contributed by atoms with van der Waals surface area (Å²) in [6.07, 6.45) is 12.9. The quantitative estimate of drug-likeness (QED) is 0.0266. The number of anilines is 1. The van der Waals surface area contributed by atoms with Crippen LogP contribution in [-0.4, -0.2) is 86.8 Å². The van der Waals surface area contributed by atoms with Gasteiger partial charge < -0.3 is 35.6 Å². The second-order valence-electron chi connectivity index (χ2n) is 18.9. The van der Waals surface area contributed by atoms with E-state index in [1.54, 1.807) is 13.8 Å². The van der Waals surface area contributed by atoms with E-state index in [-0.39, 0.29) is 49.7 Å². The number of nitrogens with zero attached hydrogens (tertiary/aromatic N) is 2. The molecule has 71 heavy (non-hydrogen) atoms. The molecule has 0 unspecified atom stereocenters. The van der Waals surface area contributed by atoms with Crippen molar-refractivity contribution in [3.8, 4) is 0 Å². The molecule has 1 aliphatic carbocycles. The standard InChI is InChI=1S/C58H69ClN6O6/c1-39(2)49(64(47-26-22-42-16-9-10-18-46(42)38-47)34-14-30-60-56(68)62-32-36-70-54(66)40(3)4)27-24-44-19-13-20-45(53(44)59)25-29-51-58(7,8)52-48-21-12-11-17-43(48)23-28-50(52)65(51)35-15-31-61-57(69)63-33-37-71-55(67)41(5)6/h9-12,16-18,21-29,38-39H,3,5,13-15,19-20,30-37H2,1-2,4,6-8H3,(H3-,60,61,62,63,68,69)/p+1. The molecule has 0 radical (unpaired) electrons. The third kappa shape index (κ3) is 14.1. The zero-order valence-corrected chi connectivity index (χ0v) is 43.0. The number of amides is 4. The monoisotopic (exact) mass is 982 g/mol. The number of halogens is 1. The Morgan fingerprint density at radius 1 is 0.761 bits per heavy atom. The Hall–Kier alpha value is -6.92. The van der Waals surface area contributed by atoms with Gasteiger partial charge in [0, 0.05) is 71.3 Å². The molecule has 4 amide bonds. The lowest BCUT2D eigenvalue weighted by Crippen LogP contribution is -2.39. The SMILES string of the molecule is C=C(C)C(=O)OCCNC(=O)NCCCN(C(=CC=C1CCCC(C=CC2=[N+](CCCNC(=O)NCCOC(=O)C(=C)C)c3ccc4ccccc4c3C2(C)C)=C1Cl)C(C)C)c1ccc2ccccc2c1. The van der Waals surface area contributed by atoms with Crippen molar-refractivity contribution in [1.82, 2.24) is 21.3 Å². The molecule has 0 atom stereocenters. The maximum Gasteiger partial charge on any atom is 0.333 e. The lowest BCUT2D eigenvalue weighted by molar-refractivity contribution is -0.437. The molecule has 0 spiro atoms. The number of urea groups is 2. The van der Waals surface area contributed by atoms with Crippen molar-refractivity contribution in [2.24, 2.45) is 5.92 Å². The van der Waals surface area contributed by atoms with Crippen LogP contribution in [0.4, 0.5) is 21.0 Å². The Labute approximate surface area is 424 Å². The number of carbonyl (C=O) groups excluding carboxylic acids is 4. The van der Waals surface area contributed by atoms with Crippen LogP contribution in [0.25, 0.3) is 21.5 Å². The Morgan fingerprint density at radius 2 is 1.35 bits per heavy atom. The van der Waals surface area contributed by atoms with Crippen molar-refractivity contribution in [1.29, 1.82) is 0 Å². The van der Waals surface area contributed by atoms with E-state index >= 15 is 0 Å². The maximum absolute atomic E-state index is 12.6. The van der Waals surface area contributed by atoms with E-state index in [4.69, 9.17) is 21.1 Å². The summed E-state index contributed by atoms with van der Waals surface area (Å²) in [6.45, 7) is 22.0. The largest absolute Gasteiger partial charge is 0.460 e. The lowest BCUT2D eigenvalue weighted by atomic mass is 9.79. The molecule has 0 fully saturated rings. The molecule has 1 heterocycles. The molecule has 6 rings (SSSR count). The van der Waals surface area contributed by atoms with E-state index in [1.807, 2.05) is 6.07 Å². The summed E-state index contributed by atoms with van der Waals surface area (Å²) in [5.41, 5.74) is 8.24. The number of benzene rings is 4. The predicted octanol–water partition coefficient (Wildman–Crippen LogP) is 11.2. The minimum absolute atomic E-state index is 0.0662. The number of hydrogen-bond acceptors (Lipinski definition) is 7. The molecule has 13 heteroatoms. The Balaban J connectivity index is 1.21. The van der Waals surface area contributed by atoms with E-state index in [1.165, 1.54) is 16.3 Å². The van der Waals surface area contributed by atoms with E-state index in [9.17, 15) is 19.2 Å². The van der Waals surface area contributed by atoms with E-state index in [0.29, 0.717) is 50.2 Å². The van der Waals surface area contributed by atoms with Crippen molar-refractivity contribution in [3.05, 3.63) is 155 Å². The first-order valence-electron chi connectivity index (χ1n) is 24.7. The van der Waals surface area contributed by atoms with Crippen molar-refractivity contribution in [2.45, 2.75) is 79.1 Å². The number of hydrogen-bond donors (Lipinski definition) is 4. The second kappa shape index (κ2) is 25.3. The summed E-state index contributed by atoms with van der Waals surface area (Å²) >= 11 is 7.39. The molecule has 1 aliphatic heterocycles. The Morgan fingerprint density at radius 3 is 2.00 bits per heavy atom. The zero-order valence-electron chi connectivity index (χ0n) is 42.2. The fraction of sp³-hybridized carbons (Fsp3) is 0.362. The van der Waals surface area contributed by atoms with Gasteiger partial charge in [-0.3, -0.25) is 0 Å². The van der Waals surface area contributed by atoms with Gasteiger partial charge in [-0.2, -0.15) is 4.58 Å². The topological polar surface area (TPSA) is 141 Å². The average molecular weight is 983 g/mol. The van der Waals surface area contributed by atoms with Gasteiger partial charge in [0.25, 0.3) is 0 Å². The highest BCUT2D eigenvalue weighted by Gasteiger charge is 2.45. The molecule has 4 N–H and O–H groups in total. The van der Waals surface area contributed by atoms with Gasteiger partial charge in [0.05, 0.1) is 18.5 Å². The van der Waals surface area contributed by atoms with Crippen molar-refractivity contribution < 1.29 is 33.2 Å². The highest BCUT2D eigenvalue weighted by Crippen LogP contribution is 2.45. The highest BCUT2D eigenvalue weighted by atomic mass is 35.5. The third-order valence-corrected chi connectivity index (χ3v) is 13.2. The summed E-state index contributed by atoms with van der Waals surface area (Å²) < 4.78 is 12.6. The average Bonchev–Trinajstić information content (AvgIpc) is 3.57. The van der Waals surface area contributed by atoms with Crippen LogP contribution in [0.15, 0.2) is 149 Å². The molecule has 4 aromatic rings. The number of esters is 2. The molecule has 0 saturated carbocycles. The molecule has 0 saturated heterocycles. The fourth-order valence-corrected chi connectivity index (χ4v) is 9.38. The van der Waals surface area contributed by atoms with Gasteiger partial charge in [0.2, 0.25) is 5.69 Å². The van der Waals surface area contributed by atoms with Crippen LogP contribution in [0.5, 0.6) is 0 Å². The highest BCUT2D eigenvalue weighted by molar-refractivity contribution is 6.32. The molecular weight excluding hydrogens is 912 g/mol. The summed E-state index contributed by atoms with van der Waals surface area (Å²) in [7, 11) is 0. The Bertz CT molecular complexity index is 2820. The summed E-state index contributed by atoms with van der Waals surface area (Å²) in [5, 5.41) is 16.9. The summed E-state index contributed by atoms with van der Waals surface area (Å²) in [5.74, 6) is -0.803. The van der Waals surface area contributed by atoms with Crippen LogP contribution in [0.2, 0.25) is 0 Å². The second-order valence-corrected chi connectivity index (χ2v) is 19.3. The molecule has 12 nitrogen and oxygen atoms in total. The Kier molecular flexibility index (Phi) is 19.0. The molecule has 374 valence electrons. The first-order chi connectivity index (χ1) is 34.1. The van der Waals surface area contributed by atoms with Crippen molar-refractivity contribution >= 4 is 74.2 Å².